The third kappa shape index (κ3) is 1.82. The third-order valence-corrected chi connectivity index (χ3v) is 2.64. The van der Waals surface area contributed by atoms with Gasteiger partial charge in [-0.1, -0.05) is 30.3 Å². The number of nitrogen functional groups attached to an aromatic ring is 2. The number of hydrogen-bond donors (Lipinski definition) is 4. The standard InChI is InChI=1S/C13H12N2O3/c14-10-8(6-9(16)13(18)11(10)15)12(17)7-4-2-1-3-5-7/h1-6,16,18H,14-15H2. The van der Waals surface area contributed by atoms with Crippen LogP contribution in [0.15, 0.2) is 36.4 Å². The minimum absolute atomic E-state index is 0.0425. The van der Waals surface area contributed by atoms with E-state index in [0.717, 1.165) is 6.07 Å². The fourth-order valence-electron chi connectivity index (χ4n) is 1.63. The van der Waals surface area contributed by atoms with Crippen LogP contribution in [0.1, 0.15) is 15.9 Å². The molecule has 5 nitrogen and oxygen atoms in total. The van der Waals surface area contributed by atoms with Crippen molar-refractivity contribution in [3.05, 3.63) is 47.5 Å². The summed E-state index contributed by atoms with van der Waals surface area (Å²) in [7, 11) is 0. The number of anilines is 2. The van der Waals surface area contributed by atoms with E-state index in [-0.39, 0.29) is 22.7 Å². The molecule has 0 aliphatic carbocycles. The van der Waals surface area contributed by atoms with Gasteiger partial charge in [-0.15, -0.1) is 0 Å². The first-order valence-corrected chi connectivity index (χ1v) is 5.22. The zero-order valence-corrected chi connectivity index (χ0v) is 9.42. The second-order valence-corrected chi connectivity index (χ2v) is 3.81. The average molecular weight is 244 g/mol. The molecule has 0 unspecified atom stereocenters. The number of aromatic hydroxyl groups is 2. The smallest absolute Gasteiger partial charge is 0.195 e. The molecule has 0 heterocycles. The molecule has 0 radical (unpaired) electrons. The van der Waals surface area contributed by atoms with E-state index in [2.05, 4.69) is 0 Å². The summed E-state index contributed by atoms with van der Waals surface area (Å²) in [6.07, 6.45) is 0. The second-order valence-electron chi connectivity index (χ2n) is 3.81. The monoisotopic (exact) mass is 244 g/mol. The van der Waals surface area contributed by atoms with Gasteiger partial charge in [0.2, 0.25) is 0 Å². The van der Waals surface area contributed by atoms with E-state index in [1.165, 1.54) is 0 Å². The number of carbonyl (C=O) groups excluding carboxylic acids is 1. The van der Waals surface area contributed by atoms with Gasteiger partial charge in [0, 0.05) is 5.56 Å². The van der Waals surface area contributed by atoms with E-state index >= 15 is 0 Å². The van der Waals surface area contributed by atoms with Crippen LogP contribution in [0, 0.1) is 0 Å². The number of carbonyl (C=O) groups is 1. The Labute approximate surface area is 103 Å². The topological polar surface area (TPSA) is 110 Å². The number of ketones is 1. The lowest BCUT2D eigenvalue weighted by Gasteiger charge is -2.10. The Morgan fingerprint density at radius 1 is 1.00 bits per heavy atom. The highest BCUT2D eigenvalue weighted by Gasteiger charge is 2.18. The highest BCUT2D eigenvalue weighted by Crippen LogP contribution is 2.38. The molecule has 0 bridgehead atoms. The van der Waals surface area contributed by atoms with E-state index in [4.69, 9.17) is 11.5 Å². The van der Waals surface area contributed by atoms with Crippen molar-refractivity contribution in [1.29, 1.82) is 0 Å². The molecule has 0 fully saturated rings. The molecule has 5 heteroatoms. The van der Waals surface area contributed by atoms with Crippen molar-refractivity contribution in [2.24, 2.45) is 0 Å². The van der Waals surface area contributed by atoms with Crippen molar-refractivity contribution in [3.8, 4) is 11.5 Å². The fourth-order valence-corrected chi connectivity index (χ4v) is 1.63. The lowest BCUT2D eigenvalue weighted by Crippen LogP contribution is -2.07. The summed E-state index contributed by atoms with van der Waals surface area (Å²) in [4.78, 5) is 12.2. The fraction of sp³-hybridized carbons (Fsp3) is 0. The van der Waals surface area contributed by atoms with Crippen LogP contribution >= 0.6 is 0 Å². The Morgan fingerprint density at radius 3 is 2.22 bits per heavy atom. The molecular formula is C13H12N2O3. The zero-order valence-electron chi connectivity index (χ0n) is 9.42. The van der Waals surface area contributed by atoms with Crippen molar-refractivity contribution >= 4 is 17.2 Å². The van der Waals surface area contributed by atoms with Crippen molar-refractivity contribution in [3.63, 3.8) is 0 Å². The van der Waals surface area contributed by atoms with Gasteiger partial charge in [0.25, 0.3) is 0 Å². The molecule has 0 aliphatic heterocycles. The summed E-state index contributed by atoms with van der Waals surface area (Å²) in [6.45, 7) is 0. The Morgan fingerprint density at radius 2 is 1.61 bits per heavy atom. The van der Waals surface area contributed by atoms with Crippen LogP contribution in [0.5, 0.6) is 11.5 Å². The van der Waals surface area contributed by atoms with Gasteiger partial charge in [0.1, 0.15) is 5.69 Å². The number of phenols is 2. The summed E-state index contributed by atoms with van der Waals surface area (Å²) >= 11 is 0. The molecule has 6 N–H and O–H groups in total. The molecule has 0 atom stereocenters. The maximum Gasteiger partial charge on any atom is 0.195 e. The van der Waals surface area contributed by atoms with E-state index in [0.29, 0.717) is 5.56 Å². The number of hydrogen-bond acceptors (Lipinski definition) is 5. The van der Waals surface area contributed by atoms with Crippen LogP contribution in [0.2, 0.25) is 0 Å². The first kappa shape index (κ1) is 11.8. The summed E-state index contributed by atoms with van der Waals surface area (Å²) < 4.78 is 0. The van der Waals surface area contributed by atoms with E-state index in [9.17, 15) is 15.0 Å². The second kappa shape index (κ2) is 4.29. The normalized spacial score (nSPS) is 10.2. The van der Waals surface area contributed by atoms with Gasteiger partial charge in [-0.25, -0.2) is 0 Å². The molecule has 0 aromatic heterocycles. The van der Waals surface area contributed by atoms with Gasteiger partial charge in [-0.05, 0) is 6.07 Å². The van der Waals surface area contributed by atoms with Crippen LogP contribution in [0.3, 0.4) is 0 Å². The van der Waals surface area contributed by atoms with Gasteiger partial charge in [0.15, 0.2) is 17.3 Å². The highest BCUT2D eigenvalue weighted by molar-refractivity contribution is 6.14. The molecule has 0 saturated carbocycles. The van der Waals surface area contributed by atoms with Gasteiger partial charge in [-0.2, -0.15) is 0 Å². The quantitative estimate of drug-likeness (QED) is 0.277. The Hall–Kier alpha value is -2.69. The molecule has 0 amide bonds. The molecule has 2 aromatic carbocycles. The number of rotatable bonds is 2. The summed E-state index contributed by atoms with van der Waals surface area (Å²) in [6, 6.07) is 9.57. The lowest BCUT2D eigenvalue weighted by atomic mass is 10.00. The molecule has 18 heavy (non-hydrogen) atoms. The molecule has 2 aromatic rings. The lowest BCUT2D eigenvalue weighted by molar-refractivity contribution is 0.103. The SMILES string of the molecule is Nc1c(C(=O)c2ccccc2)cc(O)c(O)c1N. The van der Waals surface area contributed by atoms with E-state index in [1.807, 2.05) is 0 Å². The first-order chi connectivity index (χ1) is 8.52. The number of nitrogens with two attached hydrogens (primary N) is 2. The Bertz CT molecular complexity index is 609. The van der Waals surface area contributed by atoms with E-state index < -0.39 is 11.5 Å². The minimum atomic E-state index is -0.517. The Kier molecular flexibility index (Phi) is 2.81. The zero-order chi connectivity index (χ0) is 13.3. The van der Waals surface area contributed by atoms with Gasteiger partial charge < -0.3 is 21.7 Å². The molecular weight excluding hydrogens is 232 g/mol. The maximum atomic E-state index is 12.2. The van der Waals surface area contributed by atoms with Crippen LogP contribution in [0.25, 0.3) is 0 Å². The largest absolute Gasteiger partial charge is 0.504 e. The molecule has 92 valence electrons. The number of phenolic OH excluding ortho intramolecular Hbond substituents is 2. The maximum absolute atomic E-state index is 12.2. The van der Waals surface area contributed by atoms with Crippen molar-refractivity contribution < 1.29 is 15.0 Å². The van der Waals surface area contributed by atoms with E-state index in [1.54, 1.807) is 30.3 Å². The average Bonchev–Trinajstić information content (AvgIpc) is 2.41. The van der Waals surface area contributed by atoms with Crippen LogP contribution in [-0.2, 0) is 0 Å². The number of benzene rings is 2. The van der Waals surface area contributed by atoms with Crippen LogP contribution < -0.4 is 11.5 Å². The summed E-state index contributed by atoms with van der Waals surface area (Å²) in [5.41, 5.74) is 11.4. The summed E-state index contributed by atoms with van der Waals surface area (Å²) in [5, 5.41) is 18.9. The molecule has 2 rings (SSSR count). The predicted molar refractivity (Wildman–Crippen MR) is 68.5 cm³/mol. The summed E-state index contributed by atoms with van der Waals surface area (Å²) in [5.74, 6) is -1.35. The molecule has 0 saturated heterocycles. The third-order valence-electron chi connectivity index (χ3n) is 2.64. The van der Waals surface area contributed by atoms with Crippen LogP contribution in [-0.4, -0.2) is 16.0 Å². The van der Waals surface area contributed by atoms with Gasteiger partial charge in [-0.3, -0.25) is 4.79 Å². The Balaban J connectivity index is 2.56. The van der Waals surface area contributed by atoms with Gasteiger partial charge >= 0.3 is 0 Å². The van der Waals surface area contributed by atoms with Crippen molar-refractivity contribution in [1.82, 2.24) is 0 Å². The first-order valence-electron chi connectivity index (χ1n) is 5.22. The predicted octanol–water partition coefficient (Wildman–Crippen LogP) is 1.49. The molecule has 0 spiro atoms. The molecule has 0 aliphatic rings. The van der Waals surface area contributed by atoms with Crippen LogP contribution in [0.4, 0.5) is 11.4 Å². The van der Waals surface area contributed by atoms with Crippen molar-refractivity contribution in [2.45, 2.75) is 0 Å². The highest BCUT2D eigenvalue weighted by atomic mass is 16.3. The van der Waals surface area contributed by atoms with Gasteiger partial charge in [0.05, 0.1) is 11.3 Å². The van der Waals surface area contributed by atoms with Crippen molar-refractivity contribution in [2.75, 3.05) is 11.5 Å². The minimum Gasteiger partial charge on any atom is -0.504 e.